The van der Waals surface area contributed by atoms with Crippen molar-refractivity contribution in [2.45, 2.75) is 38.5 Å². The number of sulfonamides is 1. The van der Waals surface area contributed by atoms with E-state index in [2.05, 4.69) is 15.1 Å². The number of nitrogens with zero attached hydrogens (tertiary/aromatic N) is 2. The minimum Gasteiger partial charge on any atom is -0.495 e. The molecule has 0 saturated carbocycles. The van der Waals surface area contributed by atoms with Gasteiger partial charge in [0, 0.05) is 18.4 Å². The SMILES string of the molecule is COc1ccc(-c2c(C)nn3c2NC(=O)CCC3=O)cc1S(=O)(=O)Nc1ccc(C)cc1C. The fourth-order valence-electron chi connectivity index (χ4n) is 3.86. The monoisotopic (exact) mass is 468 g/mol. The fourth-order valence-corrected chi connectivity index (χ4v) is 5.19. The number of aryl methyl sites for hydroxylation is 3. The molecule has 1 aromatic heterocycles. The van der Waals surface area contributed by atoms with Crippen LogP contribution in [-0.2, 0) is 14.8 Å². The fraction of sp³-hybridized carbons (Fsp3) is 0.261. The first kappa shape index (κ1) is 22.5. The van der Waals surface area contributed by atoms with Crippen LogP contribution >= 0.6 is 0 Å². The van der Waals surface area contributed by atoms with Crippen LogP contribution in [0.2, 0.25) is 0 Å². The van der Waals surface area contributed by atoms with Gasteiger partial charge in [-0.05, 0) is 50.1 Å². The number of benzene rings is 2. The number of methoxy groups -OCH3 is 1. The number of hydrogen-bond donors (Lipinski definition) is 2. The molecule has 0 atom stereocenters. The number of ether oxygens (including phenoxy) is 1. The summed E-state index contributed by atoms with van der Waals surface area (Å²) in [4.78, 5) is 24.5. The molecule has 2 N–H and O–H groups in total. The number of anilines is 2. The number of aromatic nitrogens is 2. The van der Waals surface area contributed by atoms with Crippen molar-refractivity contribution in [1.29, 1.82) is 0 Å². The second-order valence-electron chi connectivity index (χ2n) is 7.95. The lowest BCUT2D eigenvalue weighted by atomic mass is 10.1. The van der Waals surface area contributed by atoms with E-state index in [1.807, 2.05) is 26.0 Å². The van der Waals surface area contributed by atoms with E-state index in [-0.39, 0.29) is 41.1 Å². The first-order valence-corrected chi connectivity index (χ1v) is 11.8. The van der Waals surface area contributed by atoms with Gasteiger partial charge >= 0.3 is 0 Å². The molecular formula is C23H24N4O5S. The molecule has 9 nitrogen and oxygen atoms in total. The van der Waals surface area contributed by atoms with Gasteiger partial charge in [0.2, 0.25) is 11.8 Å². The third-order valence-corrected chi connectivity index (χ3v) is 6.88. The van der Waals surface area contributed by atoms with E-state index in [0.29, 0.717) is 22.5 Å². The number of fused-ring (bicyclic) bond motifs is 1. The van der Waals surface area contributed by atoms with Gasteiger partial charge in [0.15, 0.2) is 0 Å². The van der Waals surface area contributed by atoms with Crippen LogP contribution in [0.5, 0.6) is 5.75 Å². The van der Waals surface area contributed by atoms with E-state index < -0.39 is 10.0 Å². The molecule has 0 aliphatic carbocycles. The number of rotatable bonds is 5. The summed E-state index contributed by atoms with van der Waals surface area (Å²) >= 11 is 0. The Morgan fingerprint density at radius 1 is 1.06 bits per heavy atom. The molecule has 172 valence electrons. The minimum absolute atomic E-state index is 0.0431. The number of carbonyl (C=O) groups excluding carboxylic acids is 2. The molecule has 3 aromatic rings. The summed E-state index contributed by atoms with van der Waals surface area (Å²) in [7, 11) is -2.63. The third-order valence-electron chi connectivity index (χ3n) is 5.49. The molecule has 2 heterocycles. The first-order valence-electron chi connectivity index (χ1n) is 10.3. The van der Waals surface area contributed by atoms with Gasteiger partial charge in [-0.15, -0.1) is 0 Å². The lowest BCUT2D eigenvalue weighted by molar-refractivity contribution is -0.116. The van der Waals surface area contributed by atoms with Crippen molar-refractivity contribution >= 4 is 33.3 Å². The largest absolute Gasteiger partial charge is 0.495 e. The van der Waals surface area contributed by atoms with Gasteiger partial charge < -0.3 is 10.1 Å². The van der Waals surface area contributed by atoms with Gasteiger partial charge in [0.05, 0.1) is 18.5 Å². The Morgan fingerprint density at radius 3 is 2.52 bits per heavy atom. The maximum absolute atomic E-state index is 13.3. The molecule has 0 bridgehead atoms. The summed E-state index contributed by atoms with van der Waals surface area (Å²) in [6, 6.07) is 10.1. The van der Waals surface area contributed by atoms with Crippen molar-refractivity contribution in [1.82, 2.24) is 9.78 Å². The van der Waals surface area contributed by atoms with Crippen molar-refractivity contribution in [3.63, 3.8) is 0 Å². The third kappa shape index (κ3) is 4.21. The quantitative estimate of drug-likeness (QED) is 0.590. The summed E-state index contributed by atoms with van der Waals surface area (Å²) in [6.45, 7) is 5.45. The highest BCUT2D eigenvalue weighted by Crippen LogP contribution is 2.37. The van der Waals surface area contributed by atoms with Crippen LogP contribution in [0.4, 0.5) is 11.5 Å². The van der Waals surface area contributed by atoms with E-state index in [1.54, 1.807) is 19.1 Å². The maximum atomic E-state index is 13.3. The van der Waals surface area contributed by atoms with Crippen molar-refractivity contribution in [2.75, 3.05) is 17.1 Å². The van der Waals surface area contributed by atoms with Crippen LogP contribution in [0.1, 0.15) is 34.5 Å². The molecule has 10 heteroatoms. The number of carbonyl (C=O) groups is 2. The summed E-state index contributed by atoms with van der Waals surface area (Å²) < 4.78 is 35.8. The van der Waals surface area contributed by atoms with Crippen LogP contribution in [0.25, 0.3) is 11.1 Å². The Balaban J connectivity index is 1.83. The zero-order chi connectivity index (χ0) is 23.9. The van der Waals surface area contributed by atoms with Gasteiger partial charge in [0.25, 0.3) is 10.0 Å². The number of amides is 1. The molecule has 4 rings (SSSR count). The molecule has 0 fully saturated rings. The summed E-state index contributed by atoms with van der Waals surface area (Å²) in [5, 5.41) is 7.01. The zero-order valence-electron chi connectivity index (χ0n) is 18.7. The molecule has 1 amide bonds. The predicted octanol–water partition coefficient (Wildman–Crippen LogP) is 3.66. The predicted molar refractivity (Wildman–Crippen MR) is 124 cm³/mol. The molecule has 0 unspecified atom stereocenters. The van der Waals surface area contributed by atoms with Gasteiger partial charge in [-0.2, -0.15) is 9.78 Å². The Bertz CT molecular complexity index is 1390. The first-order chi connectivity index (χ1) is 15.6. The Labute approximate surface area is 191 Å². The van der Waals surface area contributed by atoms with E-state index in [4.69, 9.17) is 4.74 Å². The van der Waals surface area contributed by atoms with Gasteiger partial charge in [0.1, 0.15) is 16.5 Å². The molecule has 0 radical (unpaired) electrons. The highest BCUT2D eigenvalue weighted by atomic mass is 32.2. The van der Waals surface area contributed by atoms with Crippen molar-refractivity contribution < 1.29 is 22.7 Å². The van der Waals surface area contributed by atoms with E-state index in [1.165, 1.54) is 23.9 Å². The van der Waals surface area contributed by atoms with E-state index in [9.17, 15) is 18.0 Å². The summed E-state index contributed by atoms with van der Waals surface area (Å²) in [6.07, 6.45) is 0.101. The Kier molecular flexibility index (Phi) is 5.71. The molecule has 1 aliphatic heterocycles. The highest BCUT2D eigenvalue weighted by molar-refractivity contribution is 7.92. The van der Waals surface area contributed by atoms with Crippen LogP contribution in [0.15, 0.2) is 41.3 Å². The Hall–Kier alpha value is -3.66. The van der Waals surface area contributed by atoms with Crippen molar-refractivity contribution in [3.05, 3.63) is 53.2 Å². The zero-order valence-corrected chi connectivity index (χ0v) is 19.5. The molecular weight excluding hydrogens is 444 g/mol. The maximum Gasteiger partial charge on any atom is 0.265 e. The Morgan fingerprint density at radius 2 is 1.82 bits per heavy atom. The minimum atomic E-state index is -4.02. The van der Waals surface area contributed by atoms with Gasteiger partial charge in [-0.1, -0.05) is 23.8 Å². The lowest BCUT2D eigenvalue weighted by Gasteiger charge is -2.15. The van der Waals surface area contributed by atoms with Gasteiger partial charge in [-0.25, -0.2) is 8.42 Å². The molecule has 1 aliphatic rings. The second kappa shape index (κ2) is 8.36. The van der Waals surface area contributed by atoms with Crippen LogP contribution in [0, 0.1) is 20.8 Å². The summed E-state index contributed by atoms with van der Waals surface area (Å²) in [5.74, 6) is -0.223. The molecule has 33 heavy (non-hydrogen) atoms. The average Bonchev–Trinajstić information content (AvgIpc) is 3.02. The van der Waals surface area contributed by atoms with E-state index in [0.717, 1.165) is 11.1 Å². The smallest absolute Gasteiger partial charge is 0.265 e. The number of hydrogen-bond acceptors (Lipinski definition) is 6. The lowest BCUT2D eigenvalue weighted by Crippen LogP contribution is -2.15. The topological polar surface area (TPSA) is 119 Å². The van der Waals surface area contributed by atoms with Crippen molar-refractivity contribution in [3.8, 4) is 16.9 Å². The second-order valence-corrected chi connectivity index (χ2v) is 9.60. The normalized spacial score (nSPS) is 13.8. The van der Waals surface area contributed by atoms with Crippen LogP contribution < -0.4 is 14.8 Å². The molecule has 0 saturated heterocycles. The van der Waals surface area contributed by atoms with Crippen LogP contribution in [0.3, 0.4) is 0 Å². The average molecular weight is 469 g/mol. The van der Waals surface area contributed by atoms with Crippen molar-refractivity contribution in [2.24, 2.45) is 0 Å². The highest BCUT2D eigenvalue weighted by Gasteiger charge is 2.28. The standard InChI is InChI=1S/C23H24N4O5S/c1-13-5-7-17(14(2)11-13)26-33(30,31)19-12-16(6-8-18(19)32-4)22-15(3)25-27-21(29)10-9-20(28)24-23(22)27/h5-8,11-12,26H,9-10H2,1-4H3,(H,24,28). The molecule has 0 spiro atoms. The summed E-state index contributed by atoms with van der Waals surface area (Å²) in [5.41, 5.74) is 3.70. The van der Waals surface area contributed by atoms with Gasteiger partial charge in [-0.3, -0.25) is 14.3 Å². The van der Waals surface area contributed by atoms with E-state index >= 15 is 0 Å². The number of nitrogens with one attached hydrogen (secondary N) is 2. The van der Waals surface area contributed by atoms with Crippen LogP contribution in [-0.4, -0.2) is 37.1 Å². The molecule has 2 aromatic carbocycles.